The molecule has 0 bridgehead atoms. The first-order chi connectivity index (χ1) is 12.1. The molecule has 134 valence electrons. The number of rotatable bonds is 5. The second-order valence-electron chi connectivity index (χ2n) is 6.46. The van der Waals surface area contributed by atoms with Gasteiger partial charge in [-0.05, 0) is 25.3 Å². The summed E-state index contributed by atoms with van der Waals surface area (Å²) in [4.78, 5) is 25.6. The van der Waals surface area contributed by atoms with E-state index in [2.05, 4.69) is 10.4 Å². The van der Waals surface area contributed by atoms with Crippen LogP contribution in [-0.4, -0.2) is 57.3 Å². The third kappa shape index (κ3) is 3.99. The first-order valence-corrected chi connectivity index (χ1v) is 8.70. The van der Waals surface area contributed by atoms with Gasteiger partial charge in [-0.15, -0.1) is 0 Å². The molecule has 25 heavy (non-hydrogen) atoms. The van der Waals surface area contributed by atoms with Crippen LogP contribution in [0.4, 0.5) is 0 Å². The smallest absolute Gasteiger partial charge is 0.251 e. The zero-order chi connectivity index (χ0) is 17.8. The summed E-state index contributed by atoms with van der Waals surface area (Å²) in [6.45, 7) is 0.984. The zero-order valence-corrected chi connectivity index (χ0v) is 14.4. The largest absolute Gasteiger partial charge is 0.383 e. The molecule has 7 nitrogen and oxygen atoms in total. The van der Waals surface area contributed by atoms with Gasteiger partial charge in [-0.2, -0.15) is 5.10 Å². The van der Waals surface area contributed by atoms with Crippen LogP contribution in [0.2, 0.25) is 0 Å². The van der Waals surface area contributed by atoms with Crippen molar-refractivity contribution in [1.29, 1.82) is 0 Å². The second kappa shape index (κ2) is 7.65. The standard InChI is InChI=1S/C18H24N4O3/c1-21-15-7-3-2-6-13(15)14(20-21)9-10-19-17(24)12-22-11-5-4-8-16(23)18(22)25/h2-3,6-7,16,23H,4-5,8-12H2,1H3,(H,19,24). The van der Waals surface area contributed by atoms with Crippen LogP contribution < -0.4 is 5.32 Å². The van der Waals surface area contributed by atoms with E-state index >= 15 is 0 Å². The molecule has 7 heteroatoms. The number of fused-ring (bicyclic) bond motifs is 1. The van der Waals surface area contributed by atoms with E-state index in [9.17, 15) is 14.7 Å². The fraction of sp³-hybridized carbons (Fsp3) is 0.500. The van der Waals surface area contributed by atoms with Gasteiger partial charge in [-0.3, -0.25) is 14.3 Å². The topological polar surface area (TPSA) is 87.5 Å². The highest BCUT2D eigenvalue weighted by Gasteiger charge is 2.26. The number of para-hydroxylation sites is 1. The molecule has 1 saturated heterocycles. The van der Waals surface area contributed by atoms with Crippen molar-refractivity contribution in [3.05, 3.63) is 30.0 Å². The minimum Gasteiger partial charge on any atom is -0.383 e. The number of likely N-dealkylation sites (tertiary alicyclic amines) is 1. The number of amides is 2. The molecule has 2 N–H and O–H groups in total. The Hall–Kier alpha value is -2.41. The van der Waals surface area contributed by atoms with Crippen LogP contribution in [0.25, 0.3) is 10.9 Å². The lowest BCUT2D eigenvalue weighted by atomic mass is 10.1. The lowest BCUT2D eigenvalue weighted by Gasteiger charge is -2.21. The molecule has 0 spiro atoms. The summed E-state index contributed by atoms with van der Waals surface area (Å²) in [7, 11) is 1.90. The zero-order valence-electron chi connectivity index (χ0n) is 14.4. The number of nitrogens with zero attached hydrogens (tertiary/aromatic N) is 3. The number of aryl methyl sites for hydroxylation is 1. The van der Waals surface area contributed by atoms with E-state index in [1.165, 1.54) is 4.90 Å². The quantitative estimate of drug-likeness (QED) is 0.832. The van der Waals surface area contributed by atoms with Crippen molar-refractivity contribution in [1.82, 2.24) is 20.0 Å². The van der Waals surface area contributed by atoms with Gasteiger partial charge in [-0.1, -0.05) is 18.2 Å². The van der Waals surface area contributed by atoms with Crippen molar-refractivity contribution in [2.24, 2.45) is 7.05 Å². The molecule has 0 aliphatic carbocycles. The normalized spacial score (nSPS) is 18.4. The van der Waals surface area contributed by atoms with E-state index in [-0.39, 0.29) is 18.4 Å². The van der Waals surface area contributed by atoms with E-state index in [1.807, 2.05) is 36.0 Å². The Morgan fingerprint density at radius 2 is 2.16 bits per heavy atom. The molecule has 1 aromatic carbocycles. The number of carbonyl (C=O) groups is 2. The number of hydrogen-bond acceptors (Lipinski definition) is 4. The number of aliphatic hydroxyl groups excluding tert-OH is 1. The van der Waals surface area contributed by atoms with E-state index < -0.39 is 6.10 Å². The van der Waals surface area contributed by atoms with E-state index in [4.69, 9.17) is 0 Å². The summed E-state index contributed by atoms with van der Waals surface area (Å²) in [5.74, 6) is -0.550. The van der Waals surface area contributed by atoms with Crippen LogP contribution in [0.1, 0.15) is 25.0 Å². The van der Waals surface area contributed by atoms with Crippen LogP contribution >= 0.6 is 0 Å². The molecule has 1 aromatic heterocycles. The highest BCUT2D eigenvalue weighted by molar-refractivity contribution is 5.87. The predicted octanol–water partition coefficient (Wildman–Crippen LogP) is 0.605. The molecule has 0 saturated carbocycles. The van der Waals surface area contributed by atoms with Crippen LogP contribution in [0.5, 0.6) is 0 Å². The third-order valence-electron chi connectivity index (χ3n) is 4.61. The van der Waals surface area contributed by atoms with Gasteiger partial charge in [0, 0.05) is 31.9 Å². The molecule has 1 fully saturated rings. The molecule has 1 aliphatic heterocycles. The Bertz CT molecular complexity index is 771. The van der Waals surface area contributed by atoms with Crippen molar-refractivity contribution in [2.75, 3.05) is 19.6 Å². The molecule has 2 aromatic rings. The highest BCUT2D eigenvalue weighted by atomic mass is 16.3. The molecular weight excluding hydrogens is 320 g/mol. The summed E-state index contributed by atoms with van der Waals surface area (Å²) in [5.41, 5.74) is 2.01. The molecule has 1 unspecified atom stereocenters. The number of benzene rings is 1. The van der Waals surface area contributed by atoms with Crippen molar-refractivity contribution < 1.29 is 14.7 Å². The maximum Gasteiger partial charge on any atom is 0.251 e. The second-order valence-corrected chi connectivity index (χ2v) is 6.46. The van der Waals surface area contributed by atoms with Gasteiger partial charge in [-0.25, -0.2) is 0 Å². The molecular formula is C18H24N4O3. The Labute approximate surface area is 146 Å². The number of aromatic nitrogens is 2. The minimum atomic E-state index is -0.977. The first-order valence-electron chi connectivity index (χ1n) is 8.70. The maximum atomic E-state index is 12.1. The lowest BCUT2D eigenvalue weighted by Crippen LogP contribution is -2.44. The SMILES string of the molecule is Cn1nc(CCNC(=O)CN2CCCCC(O)C2=O)c2ccccc21. The fourth-order valence-corrected chi connectivity index (χ4v) is 3.26. The lowest BCUT2D eigenvalue weighted by molar-refractivity contribution is -0.142. The Morgan fingerprint density at radius 3 is 3.00 bits per heavy atom. The molecule has 1 atom stereocenters. The molecule has 3 rings (SSSR count). The highest BCUT2D eigenvalue weighted by Crippen LogP contribution is 2.17. The average molecular weight is 344 g/mol. The van der Waals surface area contributed by atoms with Gasteiger partial charge in [0.15, 0.2) is 0 Å². The molecule has 2 heterocycles. The predicted molar refractivity (Wildman–Crippen MR) is 93.9 cm³/mol. The van der Waals surface area contributed by atoms with Gasteiger partial charge in [0.05, 0.1) is 17.8 Å². The van der Waals surface area contributed by atoms with Crippen molar-refractivity contribution >= 4 is 22.7 Å². The van der Waals surface area contributed by atoms with Crippen molar-refractivity contribution in [3.8, 4) is 0 Å². The minimum absolute atomic E-state index is 0.00113. The van der Waals surface area contributed by atoms with Crippen LogP contribution in [0.15, 0.2) is 24.3 Å². The van der Waals surface area contributed by atoms with E-state index in [0.29, 0.717) is 25.9 Å². The summed E-state index contributed by atoms with van der Waals surface area (Å²) in [6, 6.07) is 7.99. The summed E-state index contributed by atoms with van der Waals surface area (Å²) in [5, 5.41) is 18.2. The van der Waals surface area contributed by atoms with Crippen molar-refractivity contribution in [3.63, 3.8) is 0 Å². The Morgan fingerprint density at radius 1 is 1.36 bits per heavy atom. The average Bonchev–Trinajstić information content (AvgIpc) is 2.84. The van der Waals surface area contributed by atoms with Gasteiger partial charge in [0.1, 0.15) is 6.10 Å². The number of nitrogens with one attached hydrogen (secondary N) is 1. The first kappa shape index (κ1) is 17.4. The molecule has 2 amide bonds. The maximum absolute atomic E-state index is 12.1. The van der Waals surface area contributed by atoms with Gasteiger partial charge >= 0.3 is 0 Å². The van der Waals surface area contributed by atoms with Crippen LogP contribution in [0, 0.1) is 0 Å². The van der Waals surface area contributed by atoms with Gasteiger partial charge < -0.3 is 15.3 Å². The molecule has 1 aliphatic rings. The van der Waals surface area contributed by atoms with E-state index in [0.717, 1.165) is 29.4 Å². The van der Waals surface area contributed by atoms with Crippen molar-refractivity contribution in [2.45, 2.75) is 31.8 Å². The number of hydrogen-bond donors (Lipinski definition) is 2. The van der Waals surface area contributed by atoms with Crippen LogP contribution in [0.3, 0.4) is 0 Å². The van der Waals surface area contributed by atoms with E-state index in [1.54, 1.807) is 0 Å². The monoisotopic (exact) mass is 344 g/mol. The summed E-state index contributed by atoms with van der Waals surface area (Å²) < 4.78 is 1.84. The van der Waals surface area contributed by atoms with Gasteiger partial charge in [0.25, 0.3) is 5.91 Å². The van der Waals surface area contributed by atoms with Gasteiger partial charge in [0.2, 0.25) is 5.91 Å². The molecule has 0 radical (unpaired) electrons. The number of carbonyl (C=O) groups excluding carboxylic acids is 2. The number of aliphatic hydroxyl groups is 1. The summed E-state index contributed by atoms with van der Waals surface area (Å²) >= 11 is 0. The summed E-state index contributed by atoms with van der Waals surface area (Å²) in [6.07, 6.45) is 1.75. The third-order valence-corrected chi connectivity index (χ3v) is 4.61. The Balaban J connectivity index is 1.53. The Kier molecular flexibility index (Phi) is 5.33. The van der Waals surface area contributed by atoms with Crippen LogP contribution in [-0.2, 0) is 23.1 Å². The fourth-order valence-electron chi connectivity index (χ4n) is 3.26.